The van der Waals surface area contributed by atoms with E-state index in [9.17, 15) is 5.26 Å². The number of fused-ring (bicyclic) bond motifs is 3. The summed E-state index contributed by atoms with van der Waals surface area (Å²) in [5.41, 5.74) is 4.63. The summed E-state index contributed by atoms with van der Waals surface area (Å²) in [6.45, 7) is 0. The lowest BCUT2D eigenvalue weighted by atomic mass is 9.66. The fourth-order valence-electron chi connectivity index (χ4n) is 6.48. The molecule has 3 saturated carbocycles. The predicted molar refractivity (Wildman–Crippen MR) is 108 cm³/mol. The van der Waals surface area contributed by atoms with Crippen molar-refractivity contribution in [3.8, 4) is 17.3 Å². The minimum absolute atomic E-state index is 0.316. The molecule has 0 spiro atoms. The van der Waals surface area contributed by atoms with Crippen LogP contribution in [-0.4, -0.2) is 9.38 Å². The fraction of sp³-hybridized carbons (Fsp3) is 0.478. The third-order valence-corrected chi connectivity index (χ3v) is 8.38. The van der Waals surface area contributed by atoms with Crippen LogP contribution in [0.2, 0.25) is 0 Å². The minimum atomic E-state index is 0.316. The van der Waals surface area contributed by atoms with Gasteiger partial charge in [-0.25, -0.2) is 4.98 Å². The molecule has 4 heteroatoms. The molecule has 0 aliphatic heterocycles. The molecule has 2 aromatic heterocycles. The Morgan fingerprint density at radius 1 is 1.22 bits per heavy atom. The molecule has 3 nitrogen and oxygen atoms in total. The molecule has 27 heavy (non-hydrogen) atoms. The van der Waals surface area contributed by atoms with Crippen molar-refractivity contribution in [3.05, 3.63) is 47.1 Å². The monoisotopic (exact) mass is 373 g/mol. The van der Waals surface area contributed by atoms with Crippen molar-refractivity contribution in [1.82, 2.24) is 9.38 Å². The normalized spacial score (nSPS) is 31.9. The SMILES string of the molecule is N#Cc1cccc(-c2csc3nc(C45CCCC6CC(CC6C4)C5)cn23)c1. The zero-order valence-electron chi connectivity index (χ0n) is 15.4. The smallest absolute Gasteiger partial charge is 0.194 e. The highest BCUT2D eigenvalue weighted by molar-refractivity contribution is 7.15. The Kier molecular flexibility index (Phi) is 3.35. The first kappa shape index (κ1) is 15.9. The zero-order chi connectivity index (χ0) is 18.0. The van der Waals surface area contributed by atoms with Crippen molar-refractivity contribution in [2.45, 2.75) is 50.4 Å². The quantitative estimate of drug-likeness (QED) is 0.570. The molecule has 4 atom stereocenters. The van der Waals surface area contributed by atoms with Gasteiger partial charge in [-0.1, -0.05) is 25.0 Å². The molecule has 0 radical (unpaired) electrons. The van der Waals surface area contributed by atoms with E-state index in [2.05, 4.69) is 28.1 Å². The van der Waals surface area contributed by atoms with Gasteiger partial charge in [-0.2, -0.15) is 5.26 Å². The highest BCUT2D eigenvalue weighted by Crippen LogP contribution is 2.59. The standard InChI is InChI=1S/C23H23N3S/c24-12-15-3-1-4-18(7-15)20-14-27-22-25-21(13-26(20)22)23-6-2-5-17-8-16(10-23)9-19(17)11-23/h1,3-4,7,13-14,16-17,19H,2,5-6,8-11H2. The second kappa shape index (κ2) is 5.69. The van der Waals surface area contributed by atoms with Gasteiger partial charge in [-0.15, -0.1) is 11.3 Å². The fourth-order valence-corrected chi connectivity index (χ4v) is 7.37. The second-order valence-electron chi connectivity index (χ2n) is 9.03. The highest BCUT2D eigenvalue weighted by Gasteiger charge is 2.51. The summed E-state index contributed by atoms with van der Waals surface area (Å²) in [5, 5.41) is 11.4. The van der Waals surface area contributed by atoms with Gasteiger partial charge in [0.2, 0.25) is 0 Å². The van der Waals surface area contributed by atoms with Crippen LogP contribution in [0.15, 0.2) is 35.8 Å². The molecule has 3 fully saturated rings. The maximum atomic E-state index is 9.23. The summed E-state index contributed by atoms with van der Waals surface area (Å²) < 4.78 is 2.27. The molecule has 3 bridgehead atoms. The van der Waals surface area contributed by atoms with Crippen molar-refractivity contribution in [3.63, 3.8) is 0 Å². The summed E-state index contributed by atoms with van der Waals surface area (Å²) in [5.74, 6) is 2.87. The Morgan fingerprint density at radius 3 is 3.07 bits per heavy atom. The molecule has 3 aromatic rings. The topological polar surface area (TPSA) is 41.1 Å². The van der Waals surface area contributed by atoms with E-state index in [4.69, 9.17) is 4.98 Å². The van der Waals surface area contributed by atoms with Crippen LogP contribution in [-0.2, 0) is 5.41 Å². The molecule has 2 heterocycles. The maximum Gasteiger partial charge on any atom is 0.194 e. The van der Waals surface area contributed by atoms with Gasteiger partial charge in [0.05, 0.1) is 23.0 Å². The molecule has 1 aromatic carbocycles. The average Bonchev–Trinajstić information content (AvgIpc) is 3.32. The second-order valence-corrected chi connectivity index (χ2v) is 9.87. The van der Waals surface area contributed by atoms with Crippen LogP contribution >= 0.6 is 11.3 Å². The molecular formula is C23H23N3S. The Labute approximate surface area is 163 Å². The largest absolute Gasteiger partial charge is 0.290 e. The van der Waals surface area contributed by atoms with Crippen molar-refractivity contribution in [2.75, 3.05) is 0 Å². The number of imidazole rings is 1. The number of benzene rings is 1. The van der Waals surface area contributed by atoms with Gasteiger partial charge in [-0.3, -0.25) is 4.40 Å². The van der Waals surface area contributed by atoms with Crippen LogP contribution in [0, 0.1) is 29.1 Å². The van der Waals surface area contributed by atoms with E-state index in [1.54, 1.807) is 11.3 Å². The van der Waals surface area contributed by atoms with Gasteiger partial charge < -0.3 is 0 Å². The minimum Gasteiger partial charge on any atom is -0.290 e. The molecule has 0 N–H and O–H groups in total. The molecule has 3 aliphatic carbocycles. The summed E-state index contributed by atoms with van der Waals surface area (Å²) in [6, 6.07) is 10.2. The Hall–Kier alpha value is -2.12. The van der Waals surface area contributed by atoms with E-state index >= 15 is 0 Å². The lowest BCUT2D eigenvalue weighted by molar-refractivity contribution is 0.202. The van der Waals surface area contributed by atoms with E-state index in [1.807, 2.05) is 18.2 Å². The zero-order valence-corrected chi connectivity index (χ0v) is 16.2. The number of nitriles is 1. The lowest BCUT2D eigenvalue weighted by Gasteiger charge is -2.39. The first-order valence-electron chi connectivity index (χ1n) is 10.2. The number of aromatic nitrogens is 2. The number of hydrogen-bond acceptors (Lipinski definition) is 3. The molecular weight excluding hydrogens is 350 g/mol. The van der Waals surface area contributed by atoms with Crippen molar-refractivity contribution in [2.24, 2.45) is 17.8 Å². The predicted octanol–water partition coefficient (Wildman–Crippen LogP) is 5.79. The number of hydrogen-bond donors (Lipinski definition) is 0. The van der Waals surface area contributed by atoms with Crippen molar-refractivity contribution >= 4 is 16.3 Å². The number of nitrogens with zero attached hydrogens (tertiary/aromatic N) is 3. The van der Waals surface area contributed by atoms with Crippen LogP contribution in [0.3, 0.4) is 0 Å². The summed E-state index contributed by atoms with van der Waals surface area (Å²) >= 11 is 1.72. The van der Waals surface area contributed by atoms with Crippen LogP contribution < -0.4 is 0 Å². The first-order chi connectivity index (χ1) is 13.2. The molecule has 136 valence electrons. The highest BCUT2D eigenvalue weighted by atomic mass is 32.1. The van der Waals surface area contributed by atoms with Crippen LogP contribution in [0.5, 0.6) is 0 Å². The number of thiazole rings is 1. The summed E-state index contributed by atoms with van der Waals surface area (Å²) in [7, 11) is 0. The molecule has 0 amide bonds. The molecule has 4 unspecified atom stereocenters. The van der Waals surface area contributed by atoms with Crippen molar-refractivity contribution < 1.29 is 0 Å². The van der Waals surface area contributed by atoms with Gasteiger partial charge in [0, 0.05) is 22.6 Å². The Balaban J connectivity index is 1.45. The van der Waals surface area contributed by atoms with Crippen LogP contribution in [0.25, 0.3) is 16.2 Å². The average molecular weight is 374 g/mol. The van der Waals surface area contributed by atoms with Crippen LogP contribution in [0.4, 0.5) is 0 Å². The van der Waals surface area contributed by atoms with E-state index in [1.165, 1.54) is 50.6 Å². The van der Waals surface area contributed by atoms with Gasteiger partial charge in [0.25, 0.3) is 0 Å². The Bertz CT molecular complexity index is 1070. The molecule has 3 aliphatic rings. The summed E-state index contributed by atoms with van der Waals surface area (Å²) in [4.78, 5) is 6.24. The van der Waals surface area contributed by atoms with Gasteiger partial charge in [0.1, 0.15) is 0 Å². The van der Waals surface area contributed by atoms with E-state index < -0.39 is 0 Å². The molecule has 6 rings (SSSR count). The Morgan fingerprint density at radius 2 is 2.15 bits per heavy atom. The number of rotatable bonds is 2. The summed E-state index contributed by atoms with van der Waals surface area (Å²) in [6.07, 6.45) is 12.1. The van der Waals surface area contributed by atoms with Gasteiger partial charge >= 0.3 is 0 Å². The van der Waals surface area contributed by atoms with E-state index in [0.717, 1.165) is 34.0 Å². The van der Waals surface area contributed by atoms with Crippen molar-refractivity contribution in [1.29, 1.82) is 5.26 Å². The maximum absolute atomic E-state index is 9.23. The van der Waals surface area contributed by atoms with E-state index in [-0.39, 0.29) is 0 Å². The third kappa shape index (κ3) is 2.34. The lowest BCUT2D eigenvalue weighted by Crippen LogP contribution is -2.33. The van der Waals surface area contributed by atoms with Gasteiger partial charge in [-0.05, 0) is 62.0 Å². The van der Waals surface area contributed by atoms with Gasteiger partial charge in [0.15, 0.2) is 4.96 Å². The van der Waals surface area contributed by atoms with Crippen LogP contribution in [0.1, 0.15) is 56.2 Å². The van der Waals surface area contributed by atoms with E-state index in [0.29, 0.717) is 11.0 Å². The first-order valence-corrected chi connectivity index (χ1v) is 11.1. The third-order valence-electron chi connectivity index (χ3n) is 7.54. The molecule has 0 saturated heterocycles.